The van der Waals surface area contributed by atoms with Crippen LogP contribution in [0.3, 0.4) is 0 Å². The van der Waals surface area contributed by atoms with Crippen LogP contribution in [0.1, 0.15) is 12.8 Å². The highest BCUT2D eigenvalue weighted by atomic mass is 35.5. The fourth-order valence-electron chi connectivity index (χ4n) is 5.10. The highest BCUT2D eigenvalue weighted by Crippen LogP contribution is 2.32. The lowest BCUT2D eigenvalue weighted by Gasteiger charge is -2.38. The van der Waals surface area contributed by atoms with E-state index in [1.165, 1.54) is 0 Å². The molecule has 0 atom stereocenters. The predicted octanol–water partition coefficient (Wildman–Crippen LogP) is 5.25. The second kappa shape index (κ2) is 23.8. The van der Waals surface area contributed by atoms with Crippen LogP contribution in [-0.2, 0) is 9.47 Å². The van der Waals surface area contributed by atoms with Gasteiger partial charge in [0.25, 0.3) is 0 Å². The first-order chi connectivity index (χ1) is 26.9. The molecule has 0 bridgehead atoms. The third kappa shape index (κ3) is 14.4. The molecule has 0 unspecified atom stereocenters. The van der Waals surface area contributed by atoms with Gasteiger partial charge in [0.05, 0.1) is 39.6 Å². The molecule has 0 amide bonds. The molecule has 0 radical (unpaired) electrons. The molecule has 4 aromatic rings. The van der Waals surface area contributed by atoms with Crippen LogP contribution in [0, 0.1) is 0 Å². The number of likely N-dealkylation sites (tertiary alicyclic amines) is 1. The Balaban J connectivity index is 0.000000215. The van der Waals surface area contributed by atoms with Crippen LogP contribution in [0.5, 0.6) is 23.0 Å². The minimum Gasteiger partial charge on any atom is -0.493 e. The smallest absolute Gasteiger partial charge is 0.229 e. The SMILES string of the molecule is CNc1ccnc(Nc2ccc(OC)c(OCCCCl)c2)n1.CNc1ccnc(Nc2ccc(OC)c(OCCCN3CC(OC)C3)c2)n1.COC1CNC1. The molecule has 300 valence electrons. The normalized spacial score (nSPS) is 13.7. The van der Waals surface area contributed by atoms with Crippen LogP contribution < -0.4 is 45.5 Å². The number of alkyl halides is 1. The predicted molar refractivity (Wildman–Crippen MR) is 218 cm³/mol. The van der Waals surface area contributed by atoms with E-state index in [2.05, 4.69) is 51.4 Å². The molecule has 2 aliphatic heterocycles. The summed E-state index contributed by atoms with van der Waals surface area (Å²) in [5.74, 6) is 5.80. The van der Waals surface area contributed by atoms with Crippen molar-refractivity contribution in [1.29, 1.82) is 0 Å². The maximum Gasteiger partial charge on any atom is 0.229 e. The number of hydrogen-bond acceptors (Lipinski definition) is 16. The van der Waals surface area contributed by atoms with Crippen molar-refractivity contribution >= 4 is 46.5 Å². The first-order valence-corrected chi connectivity index (χ1v) is 18.7. The zero-order chi connectivity index (χ0) is 39.3. The van der Waals surface area contributed by atoms with E-state index in [4.69, 9.17) is 40.0 Å². The molecule has 0 saturated carbocycles. The highest BCUT2D eigenvalue weighted by Gasteiger charge is 2.25. The molecule has 17 heteroatoms. The van der Waals surface area contributed by atoms with E-state index in [1.54, 1.807) is 53.0 Å². The number of rotatable bonds is 19. The Morgan fingerprint density at radius 1 is 0.691 bits per heavy atom. The summed E-state index contributed by atoms with van der Waals surface area (Å²) in [5, 5.41) is 15.4. The van der Waals surface area contributed by atoms with Crippen molar-refractivity contribution in [3.63, 3.8) is 0 Å². The van der Waals surface area contributed by atoms with Gasteiger partial charge in [0.15, 0.2) is 23.0 Å². The van der Waals surface area contributed by atoms with Gasteiger partial charge in [-0.3, -0.25) is 4.90 Å². The van der Waals surface area contributed by atoms with Gasteiger partial charge in [-0.15, -0.1) is 11.6 Å². The minimum atomic E-state index is 0.386. The number of ether oxygens (including phenoxy) is 6. The lowest BCUT2D eigenvalue weighted by Crippen LogP contribution is -2.51. The Hall–Kier alpha value is -4.87. The molecule has 0 aliphatic carbocycles. The standard InChI is InChI=1S/C19H27N5O3.C15H19ClN4O2.C4H9NO/c1-20-18-7-8-21-19(23-18)22-14-5-6-16(26-3)17(11-14)27-10-4-9-24-12-15(13-24)25-2;1-17-14-6-8-18-15(20-14)19-11-4-5-12(21-2)13(10-11)22-9-3-7-16;1-6-4-2-5-3-4/h5-8,11,15H,4,9-10,12-13H2,1-3H3,(H2,20,21,22,23);4-6,8,10H,3,7,9H2,1-2H3,(H2,17,18,19,20);4-5H,2-3H2,1H3. The quantitative estimate of drug-likeness (QED) is 0.0617. The second-order valence-electron chi connectivity index (χ2n) is 12.2. The van der Waals surface area contributed by atoms with Crippen molar-refractivity contribution in [2.24, 2.45) is 0 Å². The first kappa shape index (κ1) is 42.9. The fourth-order valence-corrected chi connectivity index (χ4v) is 5.21. The summed E-state index contributed by atoms with van der Waals surface area (Å²) in [4.78, 5) is 19.4. The van der Waals surface area contributed by atoms with E-state index < -0.39 is 0 Å². The van der Waals surface area contributed by atoms with Gasteiger partial charge in [0.2, 0.25) is 11.9 Å². The van der Waals surface area contributed by atoms with Crippen LogP contribution in [0.4, 0.5) is 34.9 Å². The van der Waals surface area contributed by atoms with Crippen molar-refractivity contribution < 1.29 is 28.4 Å². The average molecular weight is 783 g/mol. The number of aromatic nitrogens is 4. The topological polar surface area (TPSA) is 170 Å². The Kier molecular flexibility index (Phi) is 18.6. The third-order valence-electron chi connectivity index (χ3n) is 8.41. The lowest BCUT2D eigenvalue weighted by atomic mass is 10.1. The zero-order valence-corrected chi connectivity index (χ0v) is 33.3. The zero-order valence-electron chi connectivity index (χ0n) is 32.6. The number of methoxy groups -OCH3 is 4. The van der Waals surface area contributed by atoms with Gasteiger partial charge in [-0.25, -0.2) is 9.97 Å². The number of anilines is 6. The fraction of sp³-hybridized carbons (Fsp3) is 0.474. The van der Waals surface area contributed by atoms with Gasteiger partial charge in [0.1, 0.15) is 11.6 Å². The Bertz CT molecular complexity index is 1700. The molecular weight excluding hydrogens is 728 g/mol. The van der Waals surface area contributed by atoms with Gasteiger partial charge in [-0.1, -0.05) is 0 Å². The van der Waals surface area contributed by atoms with E-state index in [9.17, 15) is 0 Å². The van der Waals surface area contributed by atoms with E-state index >= 15 is 0 Å². The highest BCUT2D eigenvalue weighted by molar-refractivity contribution is 6.17. The van der Waals surface area contributed by atoms with Gasteiger partial charge >= 0.3 is 0 Å². The second-order valence-corrected chi connectivity index (χ2v) is 12.6. The number of halogens is 1. The van der Waals surface area contributed by atoms with Crippen molar-refractivity contribution in [3.8, 4) is 23.0 Å². The first-order valence-electron chi connectivity index (χ1n) is 18.1. The van der Waals surface area contributed by atoms with Crippen molar-refractivity contribution in [1.82, 2.24) is 30.2 Å². The number of benzene rings is 2. The Labute approximate surface area is 329 Å². The van der Waals surface area contributed by atoms with Crippen molar-refractivity contribution in [2.75, 3.05) is 116 Å². The molecule has 2 aromatic carbocycles. The van der Waals surface area contributed by atoms with E-state index in [1.807, 2.05) is 50.5 Å². The molecule has 2 saturated heterocycles. The average Bonchev–Trinajstić information content (AvgIpc) is 3.17. The molecule has 0 spiro atoms. The summed E-state index contributed by atoms with van der Waals surface area (Å²) >= 11 is 5.66. The summed E-state index contributed by atoms with van der Waals surface area (Å²) in [5.41, 5.74) is 1.65. The summed E-state index contributed by atoms with van der Waals surface area (Å²) in [6.45, 7) is 6.25. The van der Waals surface area contributed by atoms with Crippen LogP contribution >= 0.6 is 11.6 Å². The van der Waals surface area contributed by atoms with E-state index in [0.29, 0.717) is 66.2 Å². The maximum absolute atomic E-state index is 5.95. The summed E-state index contributed by atoms with van der Waals surface area (Å²) < 4.78 is 32.5. The number of nitrogens with one attached hydrogen (secondary N) is 5. The molecule has 6 rings (SSSR count). The number of nitrogens with zero attached hydrogens (tertiary/aromatic N) is 5. The summed E-state index contributed by atoms with van der Waals surface area (Å²) in [6, 6.07) is 14.8. The monoisotopic (exact) mass is 782 g/mol. The molecule has 5 N–H and O–H groups in total. The van der Waals surface area contributed by atoms with Gasteiger partial charge < -0.3 is 55.0 Å². The lowest BCUT2D eigenvalue weighted by molar-refractivity contribution is -0.0306. The minimum absolute atomic E-state index is 0.386. The van der Waals surface area contributed by atoms with Crippen LogP contribution in [0.15, 0.2) is 60.9 Å². The molecule has 4 heterocycles. The van der Waals surface area contributed by atoms with Crippen molar-refractivity contribution in [3.05, 3.63) is 60.9 Å². The largest absolute Gasteiger partial charge is 0.493 e. The van der Waals surface area contributed by atoms with Gasteiger partial charge in [-0.05, 0) is 49.2 Å². The molecule has 2 aliphatic rings. The van der Waals surface area contributed by atoms with Crippen LogP contribution in [0.2, 0.25) is 0 Å². The molecule has 2 fully saturated rings. The van der Waals surface area contributed by atoms with Gasteiger partial charge in [0, 0.05) is 103 Å². The maximum atomic E-state index is 5.95. The van der Waals surface area contributed by atoms with Crippen LogP contribution in [0.25, 0.3) is 0 Å². The Morgan fingerprint density at radius 3 is 1.60 bits per heavy atom. The molecule has 55 heavy (non-hydrogen) atoms. The molecule has 16 nitrogen and oxygen atoms in total. The molecular formula is C38H55ClN10O6. The van der Waals surface area contributed by atoms with Crippen LogP contribution in [-0.4, -0.2) is 131 Å². The van der Waals surface area contributed by atoms with E-state index in [-0.39, 0.29) is 0 Å². The third-order valence-corrected chi connectivity index (χ3v) is 8.68. The van der Waals surface area contributed by atoms with Gasteiger partial charge in [-0.2, -0.15) is 9.97 Å². The van der Waals surface area contributed by atoms with Crippen molar-refractivity contribution in [2.45, 2.75) is 25.0 Å². The van der Waals surface area contributed by atoms with E-state index in [0.717, 1.165) is 68.6 Å². The summed E-state index contributed by atoms with van der Waals surface area (Å²) in [6.07, 6.45) is 6.00. The molecule has 2 aromatic heterocycles. The summed E-state index contributed by atoms with van der Waals surface area (Å²) in [7, 11) is 10.4. The number of hydrogen-bond donors (Lipinski definition) is 5. The Morgan fingerprint density at radius 2 is 1.20 bits per heavy atom.